The van der Waals surface area contributed by atoms with E-state index in [9.17, 15) is 29.1 Å². The third-order valence-corrected chi connectivity index (χ3v) is 9.46. The van der Waals surface area contributed by atoms with E-state index < -0.39 is 76.5 Å². The minimum absolute atomic E-state index is 0.0185. The molecule has 3 aromatic carbocycles. The summed E-state index contributed by atoms with van der Waals surface area (Å²) in [6.07, 6.45) is -1.65. The first-order valence-electron chi connectivity index (χ1n) is 17.0. The molecule has 0 aliphatic rings. The summed E-state index contributed by atoms with van der Waals surface area (Å²) < 4.78 is 9.90. The number of rotatable bonds is 16. The Labute approximate surface area is 305 Å². The third-order valence-electron chi connectivity index (χ3n) is 7.75. The third kappa shape index (κ3) is 12.3. The standard InChI is InChI=1S/C40H50N2O8S/c1-8-31(42-37(48)50-39(5,6)7)35(45)41-32(25-34(44)49-38(2,3)4)33(43)24-27(36(46)47)26-51-40(28-18-12-9-13-19-28,29-20-14-10-15-21-29)30-22-16-11-17-23-30/h9-23,27,31-32H,8,24-26H2,1-7H3,(H,41,45)(H,42,48)(H,46,47)/t27-,31-,32-/m0/s1. The van der Waals surface area contributed by atoms with Gasteiger partial charge in [-0.05, 0) is 64.7 Å². The number of carbonyl (C=O) groups excluding carboxylic acids is 4. The van der Waals surface area contributed by atoms with Crippen LogP contribution in [0.4, 0.5) is 4.79 Å². The molecule has 0 saturated heterocycles. The van der Waals surface area contributed by atoms with Gasteiger partial charge >= 0.3 is 18.0 Å². The van der Waals surface area contributed by atoms with Gasteiger partial charge in [0.15, 0.2) is 5.78 Å². The number of Topliss-reactive ketones (excluding diaryl/α,β-unsaturated/α-hetero) is 1. The van der Waals surface area contributed by atoms with Crippen LogP contribution in [-0.4, -0.2) is 63.9 Å². The lowest BCUT2D eigenvalue weighted by molar-refractivity contribution is -0.156. The molecule has 3 rings (SSSR count). The van der Waals surface area contributed by atoms with Crippen molar-refractivity contribution in [3.8, 4) is 0 Å². The molecule has 2 amide bonds. The van der Waals surface area contributed by atoms with Crippen LogP contribution in [-0.2, 0) is 33.4 Å². The maximum atomic E-state index is 13.9. The molecule has 0 aromatic heterocycles. The molecular weight excluding hydrogens is 669 g/mol. The number of ketones is 1. The van der Waals surface area contributed by atoms with E-state index in [-0.39, 0.29) is 12.2 Å². The zero-order valence-corrected chi connectivity index (χ0v) is 31.3. The van der Waals surface area contributed by atoms with Gasteiger partial charge in [-0.1, -0.05) is 97.9 Å². The number of nitrogens with one attached hydrogen (secondary N) is 2. The van der Waals surface area contributed by atoms with Gasteiger partial charge in [0.25, 0.3) is 0 Å². The number of alkyl carbamates (subject to hydrolysis) is 1. The summed E-state index contributed by atoms with van der Waals surface area (Å²) in [6, 6.07) is 26.8. The molecule has 0 bridgehead atoms. The number of carbonyl (C=O) groups is 5. The molecule has 0 fully saturated rings. The zero-order valence-electron chi connectivity index (χ0n) is 30.4. The van der Waals surface area contributed by atoms with Crippen LogP contribution in [0.25, 0.3) is 0 Å². The van der Waals surface area contributed by atoms with Crippen molar-refractivity contribution in [2.45, 2.75) is 95.8 Å². The van der Waals surface area contributed by atoms with Crippen LogP contribution in [0.5, 0.6) is 0 Å². The molecular formula is C40H50N2O8S. The normalized spacial score (nSPS) is 13.6. The van der Waals surface area contributed by atoms with Gasteiger partial charge in [-0.15, -0.1) is 11.8 Å². The molecule has 3 aromatic rings. The monoisotopic (exact) mass is 718 g/mol. The first-order valence-corrected chi connectivity index (χ1v) is 18.0. The van der Waals surface area contributed by atoms with E-state index in [0.29, 0.717) is 0 Å². The Hall–Kier alpha value is -4.64. The number of hydrogen-bond donors (Lipinski definition) is 3. The van der Waals surface area contributed by atoms with Crippen molar-refractivity contribution in [1.82, 2.24) is 10.6 Å². The molecule has 3 N–H and O–H groups in total. The topological polar surface area (TPSA) is 148 Å². The second-order valence-electron chi connectivity index (χ2n) is 14.3. The van der Waals surface area contributed by atoms with Gasteiger partial charge < -0.3 is 25.2 Å². The zero-order chi connectivity index (χ0) is 37.8. The van der Waals surface area contributed by atoms with Gasteiger partial charge in [0.05, 0.1) is 23.1 Å². The van der Waals surface area contributed by atoms with Gasteiger partial charge in [0, 0.05) is 12.2 Å². The van der Waals surface area contributed by atoms with Crippen molar-refractivity contribution in [2.75, 3.05) is 5.75 Å². The minimum Gasteiger partial charge on any atom is -0.481 e. The lowest BCUT2D eigenvalue weighted by Crippen LogP contribution is -2.53. The summed E-state index contributed by atoms with van der Waals surface area (Å²) in [5.74, 6) is -4.48. The molecule has 0 aliphatic carbocycles. The molecule has 11 heteroatoms. The molecule has 0 radical (unpaired) electrons. The highest BCUT2D eigenvalue weighted by atomic mass is 32.2. The molecule has 0 heterocycles. The van der Waals surface area contributed by atoms with Crippen molar-refractivity contribution < 1.29 is 38.6 Å². The molecule has 0 spiro atoms. The van der Waals surface area contributed by atoms with Crippen LogP contribution in [0, 0.1) is 5.92 Å². The number of amides is 2. The van der Waals surface area contributed by atoms with Crippen LogP contribution >= 0.6 is 11.8 Å². The first kappa shape index (κ1) is 40.8. The molecule has 0 saturated carbocycles. The summed E-state index contributed by atoms with van der Waals surface area (Å²) >= 11 is 1.40. The number of carboxylic acid groups (broad SMARTS) is 1. The second kappa shape index (κ2) is 18.0. The van der Waals surface area contributed by atoms with Crippen LogP contribution in [0.15, 0.2) is 91.0 Å². The Bertz CT molecular complexity index is 1520. The van der Waals surface area contributed by atoms with Crippen LogP contribution < -0.4 is 10.6 Å². The maximum Gasteiger partial charge on any atom is 0.408 e. The van der Waals surface area contributed by atoms with Crippen molar-refractivity contribution in [3.05, 3.63) is 108 Å². The molecule has 10 nitrogen and oxygen atoms in total. The van der Waals surface area contributed by atoms with Gasteiger partial charge in [-0.2, -0.15) is 0 Å². The van der Waals surface area contributed by atoms with Crippen molar-refractivity contribution in [1.29, 1.82) is 0 Å². The van der Waals surface area contributed by atoms with Crippen LogP contribution in [0.2, 0.25) is 0 Å². The largest absolute Gasteiger partial charge is 0.481 e. The van der Waals surface area contributed by atoms with E-state index in [0.717, 1.165) is 16.7 Å². The molecule has 51 heavy (non-hydrogen) atoms. The number of benzene rings is 3. The highest BCUT2D eigenvalue weighted by Gasteiger charge is 2.39. The summed E-state index contributed by atoms with van der Waals surface area (Å²) in [4.78, 5) is 65.5. The minimum atomic E-state index is -1.41. The molecule has 0 unspecified atom stereocenters. The van der Waals surface area contributed by atoms with E-state index in [1.165, 1.54) is 11.8 Å². The van der Waals surface area contributed by atoms with E-state index in [2.05, 4.69) is 10.6 Å². The fourth-order valence-electron chi connectivity index (χ4n) is 5.47. The highest BCUT2D eigenvalue weighted by molar-refractivity contribution is 8.00. The van der Waals surface area contributed by atoms with Gasteiger partial charge in [-0.25, -0.2) is 4.79 Å². The number of thioether (sulfide) groups is 1. The van der Waals surface area contributed by atoms with Crippen molar-refractivity contribution >= 4 is 41.5 Å². The maximum absolute atomic E-state index is 13.9. The fourth-order valence-corrected chi connectivity index (χ4v) is 7.09. The van der Waals surface area contributed by atoms with Gasteiger partial charge in [0.1, 0.15) is 17.2 Å². The highest BCUT2D eigenvalue weighted by Crippen LogP contribution is 2.49. The van der Waals surface area contributed by atoms with Gasteiger partial charge in [-0.3, -0.25) is 19.2 Å². The molecule has 274 valence electrons. The Morgan fingerprint density at radius 3 is 1.51 bits per heavy atom. The van der Waals surface area contributed by atoms with E-state index in [4.69, 9.17) is 9.47 Å². The number of aliphatic carboxylic acids is 1. The lowest BCUT2D eigenvalue weighted by Gasteiger charge is -2.36. The molecule has 0 aliphatic heterocycles. The quantitative estimate of drug-likeness (QED) is 0.106. The van der Waals surface area contributed by atoms with Gasteiger partial charge in [0.2, 0.25) is 5.91 Å². The Morgan fingerprint density at radius 1 is 0.667 bits per heavy atom. The Balaban J connectivity index is 1.94. The summed E-state index contributed by atoms with van der Waals surface area (Å²) in [5, 5.41) is 15.5. The van der Waals surface area contributed by atoms with Crippen molar-refractivity contribution in [2.24, 2.45) is 5.92 Å². The SMILES string of the molecule is CC[C@H](NC(=O)OC(C)(C)C)C(=O)N[C@@H](CC(=O)OC(C)(C)C)C(=O)C[C@@H](CSC(c1ccccc1)(c1ccccc1)c1ccccc1)C(=O)O. The average molecular weight is 719 g/mol. The predicted molar refractivity (Wildman–Crippen MR) is 198 cm³/mol. The lowest BCUT2D eigenvalue weighted by atomic mass is 9.84. The average Bonchev–Trinajstić information content (AvgIpc) is 3.06. The van der Waals surface area contributed by atoms with E-state index in [1.54, 1.807) is 48.5 Å². The smallest absolute Gasteiger partial charge is 0.408 e. The van der Waals surface area contributed by atoms with Crippen LogP contribution in [0.3, 0.4) is 0 Å². The Morgan fingerprint density at radius 2 is 1.12 bits per heavy atom. The number of ether oxygens (including phenoxy) is 2. The summed E-state index contributed by atoms with van der Waals surface area (Å²) in [5.41, 5.74) is 1.12. The van der Waals surface area contributed by atoms with E-state index in [1.807, 2.05) is 91.0 Å². The second-order valence-corrected chi connectivity index (χ2v) is 15.5. The molecule has 3 atom stereocenters. The number of hydrogen-bond acceptors (Lipinski definition) is 8. The van der Waals surface area contributed by atoms with Crippen LogP contribution in [0.1, 0.15) is 84.4 Å². The Kier molecular flexibility index (Phi) is 14.4. The first-order chi connectivity index (χ1) is 23.9. The fraction of sp³-hybridized carbons (Fsp3) is 0.425. The van der Waals surface area contributed by atoms with E-state index >= 15 is 0 Å². The van der Waals surface area contributed by atoms with Crippen molar-refractivity contribution in [3.63, 3.8) is 0 Å². The number of esters is 1. The predicted octanol–water partition coefficient (Wildman–Crippen LogP) is 6.89. The number of carboxylic acids is 1. The summed E-state index contributed by atoms with van der Waals surface area (Å²) in [6.45, 7) is 11.7. The summed E-state index contributed by atoms with van der Waals surface area (Å²) in [7, 11) is 0.